The Labute approximate surface area is 247 Å². The molecule has 0 atom stereocenters. The average Bonchev–Trinajstić information content (AvgIpc) is 2.72. The van der Waals surface area contributed by atoms with E-state index in [2.05, 4.69) is 107 Å². The predicted molar refractivity (Wildman–Crippen MR) is 165 cm³/mol. The van der Waals surface area contributed by atoms with Crippen molar-refractivity contribution in [3.05, 3.63) is 0 Å². The zero-order valence-corrected chi connectivity index (χ0v) is 28.8. The van der Waals surface area contributed by atoms with Crippen molar-refractivity contribution in [2.75, 3.05) is 14.1 Å². The summed E-state index contributed by atoms with van der Waals surface area (Å²) >= 11 is 0. The molecule has 0 bridgehead atoms. The van der Waals surface area contributed by atoms with Gasteiger partial charge in [-0.15, -0.1) is 0 Å². The lowest BCUT2D eigenvalue weighted by molar-refractivity contribution is -0.160. The lowest BCUT2D eigenvalue weighted by Gasteiger charge is -2.53. The standard InChI is InChI=1S/C34H64N2O4/c1-29(2,18-15-16-27(37)39-25-20-31(5,6)35(13)32(7,8)21-25)24-30(3,4)19-17-28(38)40-26-22-33(9,10)36(14)34(11,12)23-26/h25-26H,15-24H2,1-14H3. The van der Waals surface area contributed by atoms with Crippen LogP contribution in [0.5, 0.6) is 0 Å². The largest absolute Gasteiger partial charge is 0.462 e. The highest BCUT2D eigenvalue weighted by molar-refractivity contribution is 5.70. The van der Waals surface area contributed by atoms with Gasteiger partial charge in [-0.2, -0.15) is 0 Å². The molecular weight excluding hydrogens is 500 g/mol. The third-order valence-corrected chi connectivity index (χ3v) is 10.3. The fourth-order valence-corrected chi connectivity index (χ4v) is 7.84. The lowest BCUT2D eigenvalue weighted by Crippen LogP contribution is -2.60. The van der Waals surface area contributed by atoms with Crippen LogP contribution in [-0.4, -0.2) is 70.2 Å². The molecule has 0 unspecified atom stereocenters. The fourth-order valence-electron chi connectivity index (χ4n) is 7.84. The molecule has 0 aliphatic carbocycles. The first kappa shape index (κ1) is 35.1. The summed E-state index contributed by atoms with van der Waals surface area (Å²) in [6.07, 6.45) is 7.92. The molecule has 2 aliphatic rings. The lowest BCUT2D eigenvalue weighted by atomic mass is 9.71. The number of carbonyl (C=O) groups excluding carboxylic acids is 2. The van der Waals surface area contributed by atoms with E-state index in [0.29, 0.717) is 12.8 Å². The second kappa shape index (κ2) is 12.2. The Morgan fingerprint density at radius 2 is 0.950 bits per heavy atom. The summed E-state index contributed by atoms with van der Waals surface area (Å²) in [5.41, 5.74) is 0.109. The maximum absolute atomic E-state index is 12.8. The van der Waals surface area contributed by atoms with Gasteiger partial charge in [0.25, 0.3) is 0 Å². The number of nitrogens with zero attached hydrogens (tertiary/aromatic N) is 2. The van der Waals surface area contributed by atoms with Crippen molar-refractivity contribution in [1.82, 2.24) is 9.80 Å². The summed E-state index contributed by atoms with van der Waals surface area (Å²) in [6, 6.07) is 0. The van der Waals surface area contributed by atoms with Crippen LogP contribution < -0.4 is 0 Å². The quantitative estimate of drug-likeness (QED) is 0.239. The summed E-state index contributed by atoms with van der Waals surface area (Å²) in [4.78, 5) is 30.4. The second-order valence-corrected chi connectivity index (χ2v) is 17.3. The molecule has 6 nitrogen and oxygen atoms in total. The first-order valence-corrected chi connectivity index (χ1v) is 15.7. The summed E-state index contributed by atoms with van der Waals surface area (Å²) in [5, 5.41) is 0. The average molecular weight is 565 g/mol. The van der Waals surface area contributed by atoms with Crippen molar-refractivity contribution in [3.8, 4) is 0 Å². The van der Waals surface area contributed by atoms with Gasteiger partial charge in [0, 0.05) is 60.7 Å². The Bertz CT molecular complexity index is 850. The van der Waals surface area contributed by atoms with E-state index < -0.39 is 0 Å². The molecule has 40 heavy (non-hydrogen) atoms. The topological polar surface area (TPSA) is 59.1 Å². The van der Waals surface area contributed by atoms with Crippen LogP contribution in [0, 0.1) is 10.8 Å². The molecular formula is C34H64N2O4. The van der Waals surface area contributed by atoms with E-state index in [9.17, 15) is 9.59 Å². The van der Waals surface area contributed by atoms with Crippen LogP contribution in [0.15, 0.2) is 0 Å². The number of rotatable bonds is 11. The monoisotopic (exact) mass is 564 g/mol. The zero-order chi connectivity index (χ0) is 30.9. The second-order valence-electron chi connectivity index (χ2n) is 17.3. The number of ether oxygens (including phenoxy) is 2. The smallest absolute Gasteiger partial charge is 0.306 e. The van der Waals surface area contributed by atoms with Gasteiger partial charge in [-0.05, 0) is 106 Å². The van der Waals surface area contributed by atoms with Crippen molar-refractivity contribution in [1.29, 1.82) is 0 Å². The van der Waals surface area contributed by atoms with Crippen molar-refractivity contribution in [3.63, 3.8) is 0 Å². The predicted octanol–water partition coefficient (Wildman–Crippen LogP) is 7.77. The molecule has 0 N–H and O–H groups in total. The highest BCUT2D eigenvalue weighted by atomic mass is 16.5. The van der Waals surface area contributed by atoms with Gasteiger partial charge >= 0.3 is 11.9 Å². The first-order valence-electron chi connectivity index (χ1n) is 15.7. The molecule has 6 heteroatoms. The first-order chi connectivity index (χ1) is 17.9. The van der Waals surface area contributed by atoms with Gasteiger partial charge in [-0.1, -0.05) is 27.7 Å². The highest BCUT2D eigenvalue weighted by Gasteiger charge is 2.45. The van der Waals surface area contributed by atoms with Gasteiger partial charge in [0.1, 0.15) is 12.2 Å². The normalized spacial score (nSPS) is 24.1. The van der Waals surface area contributed by atoms with Crippen molar-refractivity contribution < 1.29 is 19.1 Å². The van der Waals surface area contributed by atoms with Crippen molar-refractivity contribution in [2.45, 2.75) is 182 Å². The minimum Gasteiger partial charge on any atom is -0.462 e. The van der Waals surface area contributed by atoms with Gasteiger partial charge in [-0.25, -0.2) is 0 Å². The number of piperidine rings is 2. The van der Waals surface area contributed by atoms with Gasteiger partial charge < -0.3 is 9.47 Å². The highest BCUT2D eigenvalue weighted by Crippen LogP contribution is 2.42. The molecule has 234 valence electrons. The number of hydrogen-bond acceptors (Lipinski definition) is 6. The van der Waals surface area contributed by atoms with Gasteiger partial charge in [0.05, 0.1) is 0 Å². The van der Waals surface area contributed by atoms with Crippen LogP contribution in [0.4, 0.5) is 0 Å². The molecule has 0 spiro atoms. The van der Waals surface area contributed by atoms with E-state index in [1.54, 1.807) is 0 Å². The number of likely N-dealkylation sites (tertiary alicyclic amines) is 2. The van der Waals surface area contributed by atoms with Crippen LogP contribution in [-0.2, 0) is 19.1 Å². The molecule has 2 rings (SSSR count). The molecule has 0 radical (unpaired) electrons. The fraction of sp³-hybridized carbons (Fsp3) is 0.941. The number of carbonyl (C=O) groups is 2. The summed E-state index contributed by atoms with van der Waals surface area (Å²) < 4.78 is 12.0. The molecule has 0 aromatic heterocycles. The van der Waals surface area contributed by atoms with E-state index in [4.69, 9.17) is 9.47 Å². The van der Waals surface area contributed by atoms with Gasteiger partial charge in [0.2, 0.25) is 0 Å². The molecule has 0 amide bonds. The number of hydrogen-bond donors (Lipinski definition) is 0. The molecule has 0 saturated carbocycles. The Hall–Kier alpha value is -1.14. The summed E-state index contributed by atoms with van der Waals surface area (Å²) in [5.74, 6) is -0.144. The van der Waals surface area contributed by atoms with E-state index in [1.165, 1.54) is 0 Å². The molecule has 2 aliphatic heterocycles. The van der Waals surface area contributed by atoms with Gasteiger partial charge in [0.15, 0.2) is 0 Å². The van der Waals surface area contributed by atoms with Crippen LogP contribution >= 0.6 is 0 Å². The number of esters is 2. The van der Waals surface area contributed by atoms with E-state index >= 15 is 0 Å². The minimum absolute atomic E-state index is 0.00269. The third kappa shape index (κ3) is 9.71. The van der Waals surface area contributed by atoms with Gasteiger partial charge in [-0.3, -0.25) is 19.4 Å². The SMILES string of the molecule is CN1C(C)(C)CC(OC(=O)CCCC(C)(C)CC(C)(C)CCC(=O)OC2CC(C)(C)N(C)C(C)(C)C2)CC1(C)C. The zero-order valence-electron chi connectivity index (χ0n) is 28.8. The Kier molecular flexibility index (Phi) is 10.7. The summed E-state index contributed by atoms with van der Waals surface area (Å²) in [6.45, 7) is 26.9. The molecule has 2 heterocycles. The molecule has 0 aromatic rings. The van der Waals surface area contributed by atoms with Crippen LogP contribution in [0.25, 0.3) is 0 Å². The maximum atomic E-state index is 12.8. The van der Waals surface area contributed by atoms with Crippen LogP contribution in [0.3, 0.4) is 0 Å². The molecule has 2 fully saturated rings. The van der Waals surface area contributed by atoms with Crippen LogP contribution in [0.2, 0.25) is 0 Å². The third-order valence-electron chi connectivity index (χ3n) is 10.3. The van der Waals surface area contributed by atoms with Crippen LogP contribution in [0.1, 0.15) is 147 Å². The Morgan fingerprint density at radius 3 is 1.32 bits per heavy atom. The minimum atomic E-state index is -0.0740. The van der Waals surface area contributed by atoms with Crippen molar-refractivity contribution in [2.24, 2.45) is 10.8 Å². The molecule has 0 aromatic carbocycles. The molecule has 2 saturated heterocycles. The Balaban J connectivity index is 1.77. The van der Waals surface area contributed by atoms with E-state index in [-0.39, 0.29) is 57.1 Å². The van der Waals surface area contributed by atoms with E-state index in [1.807, 2.05) is 0 Å². The van der Waals surface area contributed by atoms with E-state index in [0.717, 1.165) is 51.4 Å². The van der Waals surface area contributed by atoms with Crippen molar-refractivity contribution >= 4 is 11.9 Å². The summed E-state index contributed by atoms with van der Waals surface area (Å²) in [7, 11) is 4.34. The maximum Gasteiger partial charge on any atom is 0.306 e. The Morgan fingerprint density at radius 1 is 0.625 bits per heavy atom.